The van der Waals surface area contributed by atoms with E-state index in [9.17, 15) is 14.4 Å². The number of hydrogen-bond donors (Lipinski definition) is 0. The average molecular weight is 492 g/mol. The van der Waals surface area contributed by atoms with Crippen LogP contribution < -0.4 is 0 Å². The third kappa shape index (κ3) is 6.66. The van der Waals surface area contributed by atoms with E-state index in [1.54, 1.807) is 0 Å². The summed E-state index contributed by atoms with van der Waals surface area (Å²) < 4.78 is 11.9. The highest BCUT2D eigenvalue weighted by molar-refractivity contribution is 8.47. The van der Waals surface area contributed by atoms with Crippen molar-refractivity contribution in [2.45, 2.75) is 70.6 Å². The van der Waals surface area contributed by atoms with E-state index in [1.165, 1.54) is 29.6 Å². The molecule has 0 aromatic heterocycles. The monoisotopic (exact) mass is 491 g/mol. The zero-order valence-corrected chi connectivity index (χ0v) is 22.3. The molecule has 1 rings (SSSR count). The molecular formula is C20H33NO5S3Si. The molecule has 0 unspecified atom stereocenters. The topological polar surface area (TPSA) is 72.9 Å². The van der Waals surface area contributed by atoms with Crippen molar-refractivity contribution >= 4 is 65.4 Å². The van der Waals surface area contributed by atoms with Crippen LogP contribution in [0.2, 0.25) is 18.1 Å². The first-order valence-corrected chi connectivity index (χ1v) is 15.1. The van der Waals surface area contributed by atoms with Gasteiger partial charge in [-0.2, -0.15) is 0 Å². The van der Waals surface area contributed by atoms with Crippen molar-refractivity contribution < 1.29 is 23.5 Å². The second-order valence-corrected chi connectivity index (χ2v) is 16.8. The first-order chi connectivity index (χ1) is 13.8. The number of carbonyl (C=O) groups is 3. The van der Waals surface area contributed by atoms with Gasteiger partial charge in [-0.1, -0.05) is 64.3 Å². The first kappa shape index (κ1) is 27.4. The van der Waals surface area contributed by atoms with E-state index in [0.717, 1.165) is 17.1 Å². The molecular weight excluding hydrogens is 459 g/mol. The van der Waals surface area contributed by atoms with Crippen molar-refractivity contribution in [3.05, 3.63) is 12.7 Å². The maximum Gasteiger partial charge on any atom is 0.397 e. The summed E-state index contributed by atoms with van der Waals surface area (Å²) in [5, 5.41) is -0.606. The molecule has 30 heavy (non-hydrogen) atoms. The summed E-state index contributed by atoms with van der Waals surface area (Å²) in [6, 6.07) is 0. The minimum atomic E-state index is -2.13. The lowest BCUT2D eigenvalue weighted by atomic mass is 9.92. The number of rotatable bonds is 8. The molecule has 1 fully saturated rings. The predicted molar refractivity (Wildman–Crippen MR) is 131 cm³/mol. The molecule has 0 aromatic rings. The van der Waals surface area contributed by atoms with Gasteiger partial charge in [-0.25, -0.2) is 4.79 Å². The van der Waals surface area contributed by atoms with Crippen molar-refractivity contribution in [3.8, 4) is 0 Å². The van der Waals surface area contributed by atoms with Crippen LogP contribution in [0.15, 0.2) is 12.7 Å². The van der Waals surface area contributed by atoms with Crippen LogP contribution in [-0.4, -0.2) is 58.4 Å². The third-order valence-electron chi connectivity index (χ3n) is 5.24. The van der Waals surface area contributed by atoms with Crippen molar-refractivity contribution in [1.82, 2.24) is 4.90 Å². The fourth-order valence-corrected chi connectivity index (χ4v) is 6.74. The van der Waals surface area contributed by atoms with Crippen LogP contribution in [-0.2, 0) is 23.5 Å². The van der Waals surface area contributed by atoms with Gasteiger partial charge in [0.25, 0.3) is 0 Å². The van der Waals surface area contributed by atoms with Crippen LogP contribution in [0, 0.1) is 5.92 Å². The van der Waals surface area contributed by atoms with Gasteiger partial charge in [0.2, 0.25) is 5.91 Å². The smallest absolute Gasteiger partial charge is 0.397 e. The number of amides is 2. The molecule has 6 nitrogen and oxygen atoms in total. The number of thioether (sulfide) groups is 2. The zero-order chi connectivity index (χ0) is 23.3. The molecule has 2 amide bonds. The van der Waals surface area contributed by atoms with Gasteiger partial charge in [0, 0.05) is 0 Å². The molecule has 1 aliphatic heterocycles. The Morgan fingerprint density at radius 3 is 2.47 bits per heavy atom. The molecule has 10 heteroatoms. The molecule has 0 bridgehead atoms. The fourth-order valence-electron chi connectivity index (χ4n) is 2.59. The van der Waals surface area contributed by atoms with E-state index >= 15 is 0 Å². The van der Waals surface area contributed by atoms with Crippen molar-refractivity contribution in [2.75, 3.05) is 12.4 Å². The SMILES string of the molecule is C=CCOC(=O)C(=O)N1C(=O)[C@H]([C@@H](C)O[Si](C)(C)C(C)(C)C)[C@H]1SC(=S)SCCC. The van der Waals surface area contributed by atoms with Crippen molar-refractivity contribution in [1.29, 1.82) is 0 Å². The number of thiocarbonyl (C=S) groups is 1. The minimum Gasteiger partial charge on any atom is -0.454 e. The molecule has 0 aromatic carbocycles. The van der Waals surface area contributed by atoms with E-state index < -0.39 is 43.5 Å². The molecule has 0 aliphatic carbocycles. The van der Waals surface area contributed by atoms with Gasteiger partial charge in [-0.05, 0) is 37.2 Å². The lowest BCUT2D eigenvalue weighted by molar-refractivity contribution is -0.174. The molecule has 1 saturated heterocycles. The van der Waals surface area contributed by atoms with Crippen molar-refractivity contribution in [3.63, 3.8) is 0 Å². The highest BCUT2D eigenvalue weighted by Crippen LogP contribution is 2.44. The number of ether oxygens (including phenoxy) is 1. The Kier molecular flexibility index (Phi) is 10.3. The number of hydrogen-bond acceptors (Lipinski definition) is 8. The molecule has 1 heterocycles. The number of nitrogens with zero attached hydrogens (tertiary/aromatic N) is 1. The van der Waals surface area contributed by atoms with Gasteiger partial charge in [-0.3, -0.25) is 14.5 Å². The van der Waals surface area contributed by atoms with E-state index in [0.29, 0.717) is 3.53 Å². The maximum atomic E-state index is 12.9. The predicted octanol–water partition coefficient (Wildman–Crippen LogP) is 4.60. The lowest BCUT2D eigenvalue weighted by Gasteiger charge is -2.49. The molecule has 1 aliphatic rings. The Balaban J connectivity index is 3.05. The lowest BCUT2D eigenvalue weighted by Crippen LogP contribution is -2.67. The van der Waals surface area contributed by atoms with Crippen LogP contribution in [0.3, 0.4) is 0 Å². The summed E-state index contributed by atoms with van der Waals surface area (Å²) in [6.45, 7) is 17.9. The summed E-state index contributed by atoms with van der Waals surface area (Å²) in [5.74, 6) is -2.18. The van der Waals surface area contributed by atoms with E-state index in [1.807, 2.05) is 6.92 Å². The summed E-state index contributed by atoms with van der Waals surface area (Å²) in [5.41, 5.74) is 0. The quantitative estimate of drug-likeness (QED) is 0.122. The number of likely N-dealkylation sites (tertiary alicyclic amines) is 1. The van der Waals surface area contributed by atoms with Crippen LogP contribution in [0.4, 0.5) is 0 Å². The van der Waals surface area contributed by atoms with Crippen LogP contribution in [0.1, 0.15) is 41.0 Å². The number of β-lactam (4-membered cyclic amide) rings is 1. The number of carbonyl (C=O) groups excluding carboxylic acids is 3. The van der Waals surface area contributed by atoms with Crippen molar-refractivity contribution in [2.24, 2.45) is 5.92 Å². The Labute approximate surface area is 195 Å². The van der Waals surface area contributed by atoms with E-state index in [2.05, 4.69) is 47.4 Å². The molecule has 3 atom stereocenters. The minimum absolute atomic E-state index is 0.0209. The average Bonchev–Trinajstić information content (AvgIpc) is 2.62. The molecule has 170 valence electrons. The fraction of sp³-hybridized carbons (Fsp3) is 0.700. The molecule has 0 spiro atoms. The van der Waals surface area contributed by atoms with E-state index in [4.69, 9.17) is 21.4 Å². The first-order valence-electron chi connectivity index (χ1n) is 9.94. The summed E-state index contributed by atoms with van der Waals surface area (Å²) in [4.78, 5) is 38.5. The second kappa shape index (κ2) is 11.3. The van der Waals surface area contributed by atoms with E-state index in [-0.39, 0.29) is 11.6 Å². The van der Waals surface area contributed by atoms with Gasteiger partial charge in [0.15, 0.2) is 8.32 Å². The van der Waals surface area contributed by atoms with Crippen LogP contribution >= 0.6 is 35.7 Å². The Morgan fingerprint density at radius 2 is 1.97 bits per heavy atom. The second-order valence-electron chi connectivity index (χ2n) is 8.62. The normalized spacial score (nSPS) is 20.4. The zero-order valence-electron chi connectivity index (χ0n) is 18.9. The summed E-state index contributed by atoms with van der Waals surface area (Å²) >= 11 is 8.20. The highest BCUT2D eigenvalue weighted by atomic mass is 32.2. The summed E-state index contributed by atoms with van der Waals surface area (Å²) in [6.07, 6.45) is 1.92. The molecule has 0 saturated carbocycles. The van der Waals surface area contributed by atoms with Crippen LogP contribution in [0.25, 0.3) is 0 Å². The molecule has 0 N–H and O–H groups in total. The van der Waals surface area contributed by atoms with Gasteiger partial charge in [0.05, 0.1) is 12.0 Å². The van der Waals surface area contributed by atoms with Gasteiger partial charge >= 0.3 is 11.9 Å². The number of imide groups is 1. The van der Waals surface area contributed by atoms with Gasteiger partial charge < -0.3 is 9.16 Å². The Morgan fingerprint density at radius 1 is 1.37 bits per heavy atom. The largest absolute Gasteiger partial charge is 0.454 e. The number of esters is 1. The van der Waals surface area contributed by atoms with Crippen LogP contribution in [0.5, 0.6) is 0 Å². The molecule has 0 radical (unpaired) electrons. The van der Waals surface area contributed by atoms with Gasteiger partial charge in [-0.15, -0.1) is 11.8 Å². The highest BCUT2D eigenvalue weighted by Gasteiger charge is 2.57. The standard InChI is InChI=1S/C20H33NO5S3Si/c1-9-11-25-18(24)16(23)21-15(22)14(17(21)29-19(27)28-12-10-2)13(3)26-30(7,8)20(4,5)6/h9,13-14,17H,1,10-12H2,2-8H3/t13-,14+,17-/m1/s1. The maximum absolute atomic E-state index is 12.9. The Bertz CT molecular complexity index is 692. The van der Waals surface area contributed by atoms with Gasteiger partial charge in [0.1, 0.15) is 15.5 Å². The Hall–Kier alpha value is -0.683. The summed E-state index contributed by atoms with van der Waals surface area (Å²) in [7, 11) is -2.13. The third-order valence-corrected chi connectivity index (χ3v) is 12.9.